The summed E-state index contributed by atoms with van der Waals surface area (Å²) in [5.74, 6) is -0.241. The van der Waals surface area contributed by atoms with Crippen LogP contribution in [0.2, 0.25) is 0 Å². The van der Waals surface area contributed by atoms with E-state index in [9.17, 15) is 4.79 Å². The van der Waals surface area contributed by atoms with Gasteiger partial charge in [0.25, 0.3) is 0 Å². The van der Waals surface area contributed by atoms with E-state index < -0.39 is 5.97 Å². The fraction of sp³-hybridized carbons (Fsp3) is 0.643. The lowest BCUT2D eigenvalue weighted by molar-refractivity contribution is 0.00185. The first-order valence-corrected chi connectivity index (χ1v) is 6.76. The zero-order chi connectivity index (χ0) is 13.8. The fourth-order valence-electron chi connectivity index (χ4n) is 2.59. The summed E-state index contributed by atoms with van der Waals surface area (Å²) in [5.41, 5.74) is 0.681. The van der Waals surface area contributed by atoms with Crippen LogP contribution in [0.15, 0.2) is 10.5 Å². The summed E-state index contributed by atoms with van der Waals surface area (Å²) in [4.78, 5) is 13.2. The number of ether oxygens (including phenoxy) is 1. The number of nitrogens with zero attached hydrogens (tertiary/aromatic N) is 1. The first-order chi connectivity index (χ1) is 9.10. The van der Waals surface area contributed by atoms with E-state index in [0.717, 1.165) is 32.5 Å². The topological polar surface area (TPSA) is 62.9 Å². The van der Waals surface area contributed by atoms with Crippen molar-refractivity contribution in [2.24, 2.45) is 0 Å². The van der Waals surface area contributed by atoms with Crippen LogP contribution in [-0.4, -0.2) is 41.8 Å². The van der Waals surface area contributed by atoms with Gasteiger partial charge in [0.2, 0.25) is 5.76 Å². The molecule has 0 spiro atoms. The lowest BCUT2D eigenvalue weighted by Crippen LogP contribution is -2.39. The van der Waals surface area contributed by atoms with E-state index in [1.165, 1.54) is 0 Å². The minimum atomic E-state index is -1.01. The molecule has 1 N–H and O–H groups in total. The molecule has 0 amide bonds. The maximum Gasteiger partial charge on any atom is 0.372 e. The number of carboxylic acids is 1. The molecule has 0 radical (unpaired) electrons. The molecular formula is C14H21NO4. The first-order valence-electron chi connectivity index (χ1n) is 6.76. The number of piperidine rings is 1. The Labute approximate surface area is 113 Å². The molecule has 19 heavy (non-hydrogen) atoms. The molecular weight excluding hydrogens is 246 g/mol. The molecule has 1 unspecified atom stereocenters. The van der Waals surface area contributed by atoms with Crippen molar-refractivity contribution < 1.29 is 19.1 Å². The van der Waals surface area contributed by atoms with E-state index in [1.807, 2.05) is 13.0 Å². The van der Waals surface area contributed by atoms with Crippen LogP contribution in [-0.2, 0) is 11.3 Å². The number of furan rings is 1. The molecule has 1 fully saturated rings. The van der Waals surface area contributed by atoms with Crippen LogP contribution in [0.25, 0.3) is 0 Å². The minimum absolute atomic E-state index is 0.0494. The minimum Gasteiger partial charge on any atom is -0.475 e. The second-order valence-corrected chi connectivity index (χ2v) is 4.98. The van der Waals surface area contributed by atoms with Crippen molar-refractivity contribution in [3.63, 3.8) is 0 Å². The van der Waals surface area contributed by atoms with E-state index in [4.69, 9.17) is 14.3 Å². The van der Waals surface area contributed by atoms with Gasteiger partial charge in [-0.15, -0.1) is 0 Å². The van der Waals surface area contributed by atoms with E-state index in [0.29, 0.717) is 17.9 Å². The quantitative estimate of drug-likeness (QED) is 0.886. The zero-order valence-corrected chi connectivity index (χ0v) is 11.5. The second kappa shape index (κ2) is 6.21. The number of aryl methyl sites for hydroxylation is 1. The molecule has 1 aromatic rings. The number of hydrogen-bond donors (Lipinski definition) is 1. The lowest BCUT2D eigenvalue weighted by atomic mass is 10.1. The number of aromatic carboxylic acids is 1. The Bertz CT molecular complexity index is 439. The predicted molar refractivity (Wildman–Crippen MR) is 70.3 cm³/mol. The highest BCUT2D eigenvalue weighted by molar-refractivity contribution is 5.86. The third-order valence-corrected chi connectivity index (χ3v) is 3.41. The van der Waals surface area contributed by atoms with E-state index in [1.54, 1.807) is 6.92 Å². The summed E-state index contributed by atoms with van der Waals surface area (Å²) in [6.07, 6.45) is 2.49. The van der Waals surface area contributed by atoms with Gasteiger partial charge >= 0.3 is 5.97 Å². The summed E-state index contributed by atoms with van der Waals surface area (Å²) in [5, 5.41) is 8.97. The molecule has 1 saturated heterocycles. The highest BCUT2D eigenvalue weighted by atomic mass is 16.5. The van der Waals surface area contributed by atoms with Crippen LogP contribution in [0, 0.1) is 6.92 Å². The van der Waals surface area contributed by atoms with Crippen LogP contribution in [0.4, 0.5) is 0 Å². The highest BCUT2D eigenvalue weighted by Gasteiger charge is 2.22. The Morgan fingerprint density at radius 1 is 1.63 bits per heavy atom. The summed E-state index contributed by atoms with van der Waals surface area (Å²) >= 11 is 0. The van der Waals surface area contributed by atoms with Gasteiger partial charge in [-0.25, -0.2) is 4.79 Å². The Hall–Kier alpha value is -1.33. The molecule has 5 nitrogen and oxygen atoms in total. The van der Waals surface area contributed by atoms with Crippen LogP contribution >= 0.6 is 0 Å². The largest absolute Gasteiger partial charge is 0.475 e. The van der Waals surface area contributed by atoms with Crippen LogP contribution < -0.4 is 0 Å². The Balaban J connectivity index is 1.97. The molecule has 0 aliphatic carbocycles. The number of rotatable bonds is 5. The van der Waals surface area contributed by atoms with Crippen molar-refractivity contribution in [1.82, 2.24) is 4.90 Å². The van der Waals surface area contributed by atoms with Gasteiger partial charge in [0.1, 0.15) is 5.76 Å². The van der Waals surface area contributed by atoms with Crippen molar-refractivity contribution in [2.45, 2.75) is 39.3 Å². The van der Waals surface area contributed by atoms with Gasteiger partial charge in [-0.05, 0) is 39.3 Å². The first kappa shape index (κ1) is 14.1. The van der Waals surface area contributed by atoms with Crippen LogP contribution in [0.1, 0.15) is 41.6 Å². The van der Waals surface area contributed by atoms with Crippen LogP contribution in [0.5, 0.6) is 0 Å². The Kier molecular flexibility index (Phi) is 4.61. The standard InChI is InChI=1S/C14H21NO4/c1-3-18-11-5-4-6-15(8-11)9-12-7-10(2)13(19-12)14(16)17/h7,11H,3-6,8-9H2,1-2H3,(H,16,17). The molecule has 2 heterocycles. The van der Waals surface area contributed by atoms with Gasteiger partial charge in [0.15, 0.2) is 0 Å². The maximum atomic E-state index is 10.9. The molecule has 1 aliphatic rings. The third-order valence-electron chi connectivity index (χ3n) is 3.41. The Morgan fingerprint density at radius 3 is 3.05 bits per heavy atom. The van der Waals surface area contributed by atoms with Gasteiger partial charge in [-0.2, -0.15) is 0 Å². The third kappa shape index (κ3) is 3.58. The summed E-state index contributed by atoms with van der Waals surface area (Å²) in [6.45, 7) is 7.05. The van der Waals surface area contributed by atoms with Gasteiger partial charge in [0.05, 0.1) is 12.6 Å². The van der Waals surface area contributed by atoms with Crippen molar-refractivity contribution in [1.29, 1.82) is 0 Å². The second-order valence-electron chi connectivity index (χ2n) is 4.98. The number of hydrogen-bond acceptors (Lipinski definition) is 4. The van der Waals surface area contributed by atoms with E-state index >= 15 is 0 Å². The van der Waals surface area contributed by atoms with Gasteiger partial charge < -0.3 is 14.3 Å². The fourth-order valence-corrected chi connectivity index (χ4v) is 2.59. The zero-order valence-electron chi connectivity index (χ0n) is 11.5. The van der Waals surface area contributed by atoms with Gasteiger partial charge in [-0.3, -0.25) is 4.90 Å². The molecule has 5 heteroatoms. The average Bonchev–Trinajstić information content (AvgIpc) is 2.71. The number of carbonyl (C=O) groups is 1. The molecule has 1 aliphatic heterocycles. The summed E-state index contributed by atoms with van der Waals surface area (Å²) in [7, 11) is 0. The molecule has 0 aromatic carbocycles. The number of carboxylic acid groups (broad SMARTS) is 1. The SMILES string of the molecule is CCOC1CCCN(Cc2cc(C)c(C(=O)O)o2)C1. The summed E-state index contributed by atoms with van der Waals surface area (Å²) in [6, 6.07) is 1.81. The Morgan fingerprint density at radius 2 is 2.42 bits per heavy atom. The highest BCUT2D eigenvalue weighted by Crippen LogP contribution is 2.19. The van der Waals surface area contributed by atoms with Gasteiger partial charge in [-0.1, -0.05) is 0 Å². The van der Waals surface area contributed by atoms with E-state index in [-0.39, 0.29) is 11.9 Å². The number of likely N-dealkylation sites (tertiary alicyclic amines) is 1. The normalized spacial score (nSPS) is 20.6. The van der Waals surface area contributed by atoms with E-state index in [2.05, 4.69) is 4.90 Å². The van der Waals surface area contributed by atoms with Crippen molar-refractivity contribution >= 4 is 5.97 Å². The monoisotopic (exact) mass is 267 g/mol. The average molecular weight is 267 g/mol. The van der Waals surface area contributed by atoms with Crippen molar-refractivity contribution in [2.75, 3.05) is 19.7 Å². The summed E-state index contributed by atoms with van der Waals surface area (Å²) < 4.78 is 11.0. The molecule has 1 aromatic heterocycles. The molecule has 1 atom stereocenters. The predicted octanol–water partition coefficient (Wildman–Crippen LogP) is 2.29. The molecule has 2 rings (SSSR count). The van der Waals surface area contributed by atoms with Crippen LogP contribution in [0.3, 0.4) is 0 Å². The molecule has 0 saturated carbocycles. The lowest BCUT2D eigenvalue weighted by Gasteiger charge is -2.31. The van der Waals surface area contributed by atoms with Crippen molar-refractivity contribution in [3.05, 3.63) is 23.2 Å². The van der Waals surface area contributed by atoms with Gasteiger partial charge in [0, 0.05) is 18.7 Å². The molecule has 106 valence electrons. The molecule has 0 bridgehead atoms. The van der Waals surface area contributed by atoms with Crippen molar-refractivity contribution in [3.8, 4) is 0 Å². The maximum absolute atomic E-state index is 10.9. The smallest absolute Gasteiger partial charge is 0.372 e.